The number of amides is 4. The number of rotatable bonds is 5. The summed E-state index contributed by atoms with van der Waals surface area (Å²) in [6.45, 7) is 4.27. The molecule has 32 heavy (non-hydrogen) atoms. The first-order valence-corrected chi connectivity index (χ1v) is 10.2. The number of nitrogens with zero attached hydrogens (tertiary/aromatic N) is 1. The van der Waals surface area contributed by atoms with Crippen LogP contribution in [0.15, 0.2) is 78.4 Å². The van der Waals surface area contributed by atoms with Crippen LogP contribution in [0.2, 0.25) is 0 Å². The number of carbonyl (C=O) groups is 3. The number of nitrogens with one attached hydrogen (secondary N) is 1. The van der Waals surface area contributed by atoms with Crippen molar-refractivity contribution >= 4 is 29.6 Å². The highest BCUT2D eigenvalue weighted by atomic mass is 16.5. The third-order valence-corrected chi connectivity index (χ3v) is 5.18. The van der Waals surface area contributed by atoms with Gasteiger partial charge in [-0.2, -0.15) is 0 Å². The van der Waals surface area contributed by atoms with E-state index in [2.05, 4.69) is 5.32 Å². The summed E-state index contributed by atoms with van der Waals surface area (Å²) in [4.78, 5) is 38.7. The summed E-state index contributed by atoms with van der Waals surface area (Å²) in [6, 6.07) is 21.4. The molecule has 6 nitrogen and oxygen atoms in total. The van der Waals surface area contributed by atoms with Crippen LogP contribution >= 0.6 is 0 Å². The Morgan fingerprint density at radius 3 is 2.25 bits per heavy atom. The number of hydrogen-bond acceptors (Lipinski definition) is 4. The number of anilines is 1. The van der Waals surface area contributed by atoms with Crippen LogP contribution in [0.4, 0.5) is 10.5 Å². The number of benzene rings is 3. The molecule has 1 saturated heterocycles. The van der Waals surface area contributed by atoms with Gasteiger partial charge < -0.3 is 4.74 Å². The molecule has 160 valence electrons. The van der Waals surface area contributed by atoms with E-state index in [0.717, 1.165) is 16.0 Å². The Hall–Kier alpha value is -4.19. The van der Waals surface area contributed by atoms with Crippen molar-refractivity contribution in [3.05, 3.63) is 101 Å². The van der Waals surface area contributed by atoms with Gasteiger partial charge >= 0.3 is 6.03 Å². The Labute approximate surface area is 186 Å². The Morgan fingerprint density at radius 1 is 0.875 bits per heavy atom. The smallest absolute Gasteiger partial charge is 0.335 e. The van der Waals surface area contributed by atoms with Crippen molar-refractivity contribution in [2.24, 2.45) is 0 Å². The van der Waals surface area contributed by atoms with Gasteiger partial charge in [-0.1, -0.05) is 60.2 Å². The molecule has 1 aliphatic heterocycles. The van der Waals surface area contributed by atoms with Crippen molar-refractivity contribution in [1.29, 1.82) is 0 Å². The average molecular weight is 426 g/mol. The Kier molecular flexibility index (Phi) is 5.85. The molecular formula is C26H22N2O4. The normalized spacial score (nSPS) is 15.1. The summed E-state index contributed by atoms with van der Waals surface area (Å²) in [5, 5.41) is 2.24. The number of hydrogen-bond donors (Lipinski definition) is 1. The zero-order valence-corrected chi connectivity index (χ0v) is 17.8. The maximum atomic E-state index is 13.0. The van der Waals surface area contributed by atoms with Crippen LogP contribution in [-0.4, -0.2) is 17.8 Å². The van der Waals surface area contributed by atoms with Crippen LogP contribution in [0.25, 0.3) is 6.08 Å². The van der Waals surface area contributed by atoms with E-state index in [1.807, 2.05) is 37.3 Å². The van der Waals surface area contributed by atoms with Gasteiger partial charge in [0.2, 0.25) is 0 Å². The molecule has 4 rings (SSSR count). The van der Waals surface area contributed by atoms with Crippen molar-refractivity contribution in [3.8, 4) is 5.75 Å². The minimum atomic E-state index is -0.758. The predicted octanol–water partition coefficient (Wildman–Crippen LogP) is 4.55. The highest BCUT2D eigenvalue weighted by Crippen LogP contribution is 2.25. The fourth-order valence-electron chi connectivity index (χ4n) is 3.37. The van der Waals surface area contributed by atoms with Crippen molar-refractivity contribution in [2.45, 2.75) is 20.5 Å². The van der Waals surface area contributed by atoms with Gasteiger partial charge in [-0.15, -0.1) is 0 Å². The molecule has 0 radical (unpaired) electrons. The van der Waals surface area contributed by atoms with Gasteiger partial charge in [0.1, 0.15) is 17.9 Å². The van der Waals surface area contributed by atoms with Crippen LogP contribution in [0, 0.1) is 13.8 Å². The quantitative estimate of drug-likeness (QED) is 0.480. The molecule has 1 aliphatic rings. The van der Waals surface area contributed by atoms with Crippen LogP contribution < -0.4 is 15.0 Å². The van der Waals surface area contributed by atoms with Crippen molar-refractivity contribution in [3.63, 3.8) is 0 Å². The van der Waals surface area contributed by atoms with Crippen LogP contribution in [0.5, 0.6) is 5.75 Å². The van der Waals surface area contributed by atoms with Crippen LogP contribution in [-0.2, 0) is 16.2 Å². The van der Waals surface area contributed by atoms with E-state index in [0.29, 0.717) is 23.6 Å². The average Bonchev–Trinajstić information content (AvgIpc) is 2.78. The Morgan fingerprint density at radius 2 is 1.56 bits per heavy atom. The maximum absolute atomic E-state index is 13.0. The lowest BCUT2D eigenvalue weighted by Gasteiger charge is -2.27. The van der Waals surface area contributed by atoms with Gasteiger partial charge in [0.15, 0.2) is 0 Å². The van der Waals surface area contributed by atoms with E-state index in [-0.39, 0.29) is 5.57 Å². The summed E-state index contributed by atoms with van der Waals surface area (Å²) < 4.78 is 5.80. The van der Waals surface area contributed by atoms with E-state index < -0.39 is 17.8 Å². The molecule has 0 saturated carbocycles. The molecular weight excluding hydrogens is 404 g/mol. The van der Waals surface area contributed by atoms with Crippen molar-refractivity contribution in [2.75, 3.05) is 4.90 Å². The fraction of sp³-hybridized carbons (Fsp3) is 0.115. The van der Waals surface area contributed by atoms with E-state index in [1.54, 1.807) is 49.4 Å². The fourth-order valence-corrected chi connectivity index (χ4v) is 3.37. The molecule has 4 amide bonds. The molecule has 0 aliphatic carbocycles. The number of urea groups is 1. The van der Waals surface area contributed by atoms with Crippen LogP contribution in [0.1, 0.15) is 22.3 Å². The predicted molar refractivity (Wildman–Crippen MR) is 122 cm³/mol. The summed E-state index contributed by atoms with van der Waals surface area (Å²) in [7, 11) is 0. The Balaban J connectivity index is 1.52. The number of carbonyl (C=O) groups excluding carboxylic acids is 3. The second kappa shape index (κ2) is 8.89. The maximum Gasteiger partial charge on any atom is 0.335 e. The summed E-state index contributed by atoms with van der Waals surface area (Å²) >= 11 is 0. The molecule has 0 spiro atoms. The van der Waals surface area contributed by atoms with Gasteiger partial charge in [-0.25, -0.2) is 9.69 Å². The molecule has 0 atom stereocenters. The monoisotopic (exact) mass is 426 g/mol. The lowest BCUT2D eigenvalue weighted by atomic mass is 10.1. The standard InChI is InChI=1S/C26H22N2O4/c1-17-7-9-20(10-8-17)16-32-21-13-11-19(12-14-21)15-22-24(29)27-26(31)28(25(22)30)23-6-4-3-5-18(23)2/h3-15H,16H2,1-2H3,(H,27,29,31)/b22-15+. The van der Waals surface area contributed by atoms with E-state index in [9.17, 15) is 14.4 Å². The second-order valence-corrected chi connectivity index (χ2v) is 7.59. The first kappa shape index (κ1) is 21.1. The van der Waals surface area contributed by atoms with E-state index in [1.165, 1.54) is 11.6 Å². The Bertz CT molecular complexity index is 1210. The number of para-hydroxylation sites is 1. The van der Waals surface area contributed by atoms with Gasteiger partial charge in [0.25, 0.3) is 11.8 Å². The van der Waals surface area contributed by atoms with Gasteiger partial charge in [0, 0.05) is 0 Å². The molecule has 1 N–H and O–H groups in total. The third-order valence-electron chi connectivity index (χ3n) is 5.18. The molecule has 6 heteroatoms. The van der Waals surface area contributed by atoms with Gasteiger partial charge in [-0.3, -0.25) is 14.9 Å². The summed E-state index contributed by atoms with van der Waals surface area (Å²) in [5.74, 6) is -0.707. The zero-order valence-electron chi connectivity index (χ0n) is 17.8. The second-order valence-electron chi connectivity index (χ2n) is 7.59. The molecule has 0 aromatic heterocycles. The number of barbiturate groups is 1. The highest BCUT2D eigenvalue weighted by Gasteiger charge is 2.37. The van der Waals surface area contributed by atoms with Crippen LogP contribution in [0.3, 0.4) is 0 Å². The summed E-state index contributed by atoms with van der Waals surface area (Å²) in [5.41, 5.74) is 3.97. The lowest BCUT2D eigenvalue weighted by Crippen LogP contribution is -2.54. The van der Waals surface area contributed by atoms with Gasteiger partial charge in [-0.05, 0) is 54.8 Å². The highest BCUT2D eigenvalue weighted by molar-refractivity contribution is 6.39. The molecule has 0 unspecified atom stereocenters. The first-order valence-electron chi connectivity index (χ1n) is 10.2. The van der Waals surface area contributed by atoms with Crippen molar-refractivity contribution in [1.82, 2.24) is 5.32 Å². The minimum absolute atomic E-state index is 0.110. The lowest BCUT2D eigenvalue weighted by molar-refractivity contribution is -0.122. The summed E-state index contributed by atoms with van der Waals surface area (Å²) in [6.07, 6.45) is 1.47. The topological polar surface area (TPSA) is 75.7 Å². The minimum Gasteiger partial charge on any atom is -0.489 e. The van der Waals surface area contributed by atoms with E-state index >= 15 is 0 Å². The largest absolute Gasteiger partial charge is 0.489 e. The number of aryl methyl sites for hydroxylation is 2. The van der Waals surface area contributed by atoms with E-state index in [4.69, 9.17) is 4.74 Å². The SMILES string of the molecule is Cc1ccc(COc2ccc(/C=C3\C(=O)NC(=O)N(c4ccccc4C)C3=O)cc2)cc1. The molecule has 1 heterocycles. The zero-order chi connectivity index (χ0) is 22.7. The number of ether oxygens (including phenoxy) is 1. The molecule has 0 bridgehead atoms. The number of imide groups is 2. The molecule has 3 aromatic carbocycles. The third kappa shape index (κ3) is 4.44. The van der Waals surface area contributed by atoms with Crippen molar-refractivity contribution < 1.29 is 19.1 Å². The molecule has 3 aromatic rings. The first-order chi connectivity index (χ1) is 15.4. The van der Waals surface area contributed by atoms with Gasteiger partial charge in [0.05, 0.1) is 5.69 Å². The molecule has 1 fully saturated rings.